The first kappa shape index (κ1) is 22.0. The summed E-state index contributed by atoms with van der Waals surface area (Å²) in [6.45, 7) is 6.04. The Labute approximate surface area is 173 Å². The van der Waals surface area contributed by atoms with Crippen LogP contribution in [-0.4, -0.2) is 46.6 Å². The van der Waals surface area contributed by atoms with Crippen LogP contribution in [0, 0.1) is 23.7 Å². The monoisotopic (exact) mass is 406 g/mol. The Morgan fingerprint density at radius 1 is 1.31 bits per heavy atom. The summed E-state index contributed by atoms with van der Waals surface area (Å²) in [6, 6.07) is 0. The van der Waals surface area contributed by atoms with Gasteiger partial charge >= 0.3 is 11.9 Å². The zero-order valence-corrected chi connectivity index (χ0v) is 17.6. The molecule has 1 fully saturated rings. The fraction of sp³-hybridized carbons (Fsp3) is 0.739. The third-order valence-corrected chi connectivity index (χ3v) is 6.58. The van der Waals surface area contributed by atoms with Crippen LogP contribution in [-0.2, 0) is 19.1 Å². The summed E-state index contributed by atoms with van der Waals surface area (Å²) in [5.74, 6) is 0.0311. The second-order valence-corrected chi connectivity index (χ2v) is 8.97. The standard InChI is InChI=1S/C23H34O6/c1-4-19(25)23(27)29-20-10-13(2)9-15-6-5-14(3)18(22(15)20)8-7-17-11-16(24)12-21(26)28-17/h5-6,9,13-14,16-20,22,24-25H,4,7-8,10-12H2,1-3H3/t13-,14-,16+,17+,18-,19-,20-,22-/m0/s1. The van der Waals surface area contributed by atoms with Crippen molar-refractivity contribution in [3.63, 3.8) is 0 Å². The lowest BCUT2D eigenvalue weighted by Crippen LogP contribution is -2.42. The van der Waals surface area contributed by atoms with Gasteiger partial charge in [-0.1, -0.05) is 39.0 Å². The molecule has 0 spiro atoms. The van der Waals surface area contributed by atoms with E-state index in [2.05, 4.69) is 32.1 Å². The van der Waals surface area contributed by atoms with Gasteiger partial charge < -0.3 is 19.7 Å². The van der Waals surface area contributed by atoms with Gasteiger partial charge in [0.15, 0.2) is 6.10 Å². The summed E-state index contributed by atoms with van der Waals surface area (Å²) >= 11 is 0. The number of hydrogen-bond acceptors (Lipinski definition) is 6. The highest BCUT2D eigenvalue weighted by atomic mass is 16.6. The van der Waals surface area contributed by atoms with Crippen LogP contribution < -0.4 is 0 Å². The molecule has 1 heterocycles. The number of hydrogen-bond donors (Lipinski definition) is 2. The first-order chi connectivity index (χ1) is 13.8. The molecule has 0 saturated carbocycles. The number of carbonyl (C=O) groups is 2. The van der Waals surface area contributed by atoms with Crippen LogP contribution in [0.1, 0.15) is 59.3 Å². The van der Waals surface area contributed by atoms with Crippen LogP contribution in [0.5, 0.6) is 0 Å². The number of allylic oxidation sites excluding steroid dienone is 3. The van der Waals surface area contributed by atoms with E-state index in [0.717, 1.165) is 12.8 Å². The molecule has 0 unspecified atom stereocenters. The highest BCUT2D eigenvalue weighted by Crippen LogP contribution is 2.45. The molecular weight excluding hydrogens is 372 g/mol. The van der Waals surface area contributed by atoms with Crippen LogP contribution in [0.15, 0.2) is 23.8 Å². The summed E-state index contributed by atoms with van der Waals surface area (Å²) in [7, 11) is 0. The molecule has 0 radical (unpaired) electrons. The highest BCUT2D eigenvalue weighted by molar-refractivity contribution is 5.74. The number of rotatable bonds is 6. The molecular formula is C23H34O6. The molecule has 2 aliphatic carbocycles. The van der Waals surface area contributed by atoms with E-state index in [0.29, 0.717) is 31.1 Å². The van der Waals surface area contributed by atoms with Gasteiger partial charge in [-0.25, -0.2) is 4.79 Å². The lowest BCUT2D eigenvalue weighted by Gasteiger charge is -2.43. The fourth-order valence-corrected chi connectivity index (χ4v) is 5.03. The third kappa shape index (κ3) is 5.28. The SMILES string of the molecule is CC[C@H](O)C(=O)O[C@H]1C[C@@H](C)C=C2C=C[C@H](C)[C@H](CC[C@@H]3C[C@@H](O)CC(=O)O3)[C@H]21. The van der Waals surface area contributed by atoms with E-state index < -0.39 is 18.2 Å². The van der Waals surface area contributed by atoms with Gasteiger partial charge in [0.05, 0.1) is 12.5 Å². The Morgan fingerprint density at radius 3 is 2.76 bits per heavy atom. The van der Waals surface area contributed by atoms with Gasteiger partial charge in [-0.15, -0.1) is 0 Å². The summed E-state index contributed by atoms with van der Waals surface area (Å²) in [6.07, 6.45) is 7.49. The van der Waals surface area contributed by atoms with E-state index in [9.17, 15) is 19.8 Å². The highest BCUT2D eigenvalue weighted by Gasteiger charge is 2.42. The number of fused-ring (bicyclic) bond motifs is 1. The molecule has 0 aromatic rings. The van der Waals surface area contributed by atoms with Gasteiger partial charge in [-0.3, -0.25) is 4.79 Å². The summed E-state index contributed by atoms with van der Waals surface area (Å²) < 4.78 is 11.2. The lowest BCUT2D eigenvalue weighted by molar-refractivity contribution is -0.165. The Bertz CT molecular complexity index is 668. The quantitative estimate of drug-likeness (QED) is 0.659. The Hall–Kier alpha value is -1.66. The molecule has 8 atom stereocenters. The van der Waals surface area contributed by atoms with E-state index in [1.807, 2.05) is 0 Å². The summed E-state index contributed by atoms with van der Waals surface area (Å²) in [4.78, 5) is 23.9. The fourth-order valence-electron chi connectivity index (χ4n) is 5.03. The van der Waals surface area contributed by atoms with Crippen LogP contribution in [0.25, 0.3) is 0 Å². The minimum absolute atomic E-state index is 0.0726. The van der Waals surface area contributed by atoms with E-state index in [4.69, 9.17) is 9.47 Å². The predicted molar refractivity (Wildman–Crippen MR) is 108 cm³/mol. The number of cyclic esters (lactones) is 1. The molecule has 29 heavy (non-hydrogen) atoms. The summed E-state index contributed by atoms with van der Waals surface area (Å²) in [5, 5.41) is 19.8. The average Bonchev–Trinajstić information content (AvgIpc) is 2.65. The van der Waals surface area contributed by atoms with Gasteiger partial charge in [0.25, 0.3) is 0 Å². The second kappa shape index (κ2) is 9.43. The van der Waals surface area contributed by atoms with Crippen molar-refractivity contribution in [1.82, 2.24) is 0 Å². The molecule has 1 aliphatic heterocycles. The van der Waals surface area contributed by atoms with Crippen molar-refractivity contribution in [3.05, 3.63) is 23.8 Å². The lowest BCUT2D eigenvalue weighted by atomic mass is 9.65. The number of aliphatic hydroxyl groups is 2. The molecule has 2 N–H and O–H groups in total. The molecule has 0 bridgehead atoms. The normalized spacial score (nSPS) is 37.9. The molecule has 3 aliphatic rings. The summed E-state index contributed by atoms with van der Waals surface area (Å²) in [5.41, 5.74) is 1.19. The number of carbonyl (C=O) groups excluding carboxylic acids is 2. The minimum atomic E-state index is -1.09. The maximum absolute atomic E-state index is 12.3. The first-order valence-electron chi connectivity index (χ1n) is 10.9. The number of ether oxygens (including phenoxy) is 2. The number of esters is 2. The average molecular weight is 407 g/mol. The van der Waals surface area contributed by atoms with E-state index in [-0.39, 0.29) is 36.4 Å². The molecule has 1 saturated heterocycles. The minimum Gasteiger partial charge on any atom is -0.462 e. The molecule has 0 amide bonds. The Balaban J connectivity index is 1.74. The zero-order valence-electron chi connectivity index (χ0n) is 17.6. The van der Waals surface area contributed by atoms with Crippen LogP contribution in [0.2, 0.25) is 0 Å². The molecule has 6 nitrogen and oxygen atoms in total. The molecule has 162 valence electrons. The zero-order chi connectivity index (χ0) is 21.1. The van der Waals surface area contributed by atoms with Crippen molar-refractivity contribution in [2.45, 2.75) is 83.7 Å². The maximum atomic E-state index is 12.3. The van der Waals surface area contributed by atoms with Crippen LogP contribution in [0.4, 0.5) is 0 Å². The van der Waals surface area contributed by atoms with Gasteiger partial charge in [0.1, 0.15) is 12.2 Å². The Morgan fingerprint density at radius 2 is 2.07 bits per heavy atom. The molecule has 3 rings (SSSR count). The van der Waals surface area contributed by atoms with Crippen molar-refractivity contribution < 1.29 is 29.3 Å². The first-order valence-corrected chi connectivity index (χ1v) is 10.9. The van der Waals surface area contributed by atoms with E-state index >= 15 is 0 Å². The van der Waals surface area contributed by atoms with Crippen LogP contribution >= 0.6 is 0 Å². The molecule has 0 aromatic heterocycles. The molecule has 0 aromatic carbocycles. The van der Waals surface area contributed by atoms with Crippen molar-refractivity contribution in [2.75, 3.05) is 0 Å². The second-order valence-electron chi connectivity index (χ2n) is 8.97. The number of aliphatic hydroxyl groups excluding tert-OH is 2. The van der Waals surface area contributed by atoms with Gasteiger partial charge in [-0.2, -0.15) is 0 Å². The largest absolute Gasteiger partial charge is 0.462 e. The third-order valence-electron chi connectivity index (χ3n) is 6.58. The van der Waals surface area contributed by atoms with Crippen molar-refractivity contribution in [3.8, 4) is 0 Å². The van der Waals surface area contributed by atoms with Crippen molar-refractivity contribution in [1.29, 1.82) is 0 Å². The molecule has 6 heteroatoms. The van der Waals surface area contributed by atoms with Gasteiger partial charge in [0.2, 0.25) is 0 Å². The van der Waals surface area contributed by atoms with Crippen LogP contribution in [0.3, 0.4) is 0 Å². The smallest absolute Gasteiger partial charge is 0.335 e. The maximum Gasteiger partial charge on any atom is 0.335 e. The Kier molecular flexibility index (Phi) is 7.17. The topological polar surface area (TPSA) is 93.1 Å². The van der Waals surface area contributed by atoms with Crippen molar-refractivity contribution in [2.24, 2.45) is 23.7 Å². The van der Waals surface area contributed by atoms with Gasteiger partial charge in [0, 0.05) is 12.3 Å². The predicted octanol–water partition coefficient (Wildman–Crippen LogP) is 2.92. The van der Waals surface area contributed by atoms with E-state index in [1.165, 1.54) is 5.57 Å². The van der Waals surface area contributed by atoms with E-state index in [1.54, 1.807) is 6.92 Å². The van der Waals surface area contributed by atoms with Gasteiger partial charge in [-0.05, 0) is 49.0 Å². The van der Waals surface area contributed by atoms with Crippen molar-refractivity contribution >= 4 is 11.9 Å².